The Kier molecular flexibility index (Phi) is 4.48. The summed E-state index contributed by atoms with van der Waals surface area (Å²) in [6.07, 6.45) is 4.00. The van der Waals surface area contributed by atoms with Gasteiger partial charge in [0.1, 0.15) is 10.2 Å². The van der Waals surface area contributed by atoms with Crippen molar-refractivity contribution in [3.63, 3.8) is 0 Å². The molecule has 0 saturated heterocycles. The van der Waals surface area contributed by atoms with Gasteiger partial charge in [0.15, 0.2) is 0 Å². The molecule has 0 aliphatic heterocycles. The molecule has 2 heterocycles. The van der Waals surface area contributed by atoms with Crippen molar-refractivity contribution in [1.82, 2.24) is 19.3 Å². The maximum Gasteiger partial charge on any atom is 0.261 e. The molecule has 0 bridgehead atoms. The van der Waals surface area contributed by atoms with E-state index >= 15 is 0 Å². The Morgan fingerprint density at radius 2 is 2.20 bits per heavy atom. The van der Waals surface area contributed by atoms with Crippen LogP contribution in [0.3, 0.4) is 0 Å². The van der Waals surface area contributed by atoms with Gasteiger partial charge in [-0.1, -0.05) is 18.5 Å². The van der Waals surface area contributed by atoms with Gasteiger partial charge in [-0.3, -0.25) is 0 Å². The van der Waals surface area contributed by atoms with E-state index in [9.17, 15) is 8.42 Å². The number of nitrogens with one attached hydrogen (secondary N) is 1. The molecule has 1 atom stereocenters. The fourth-order valence-electron chi connectivity index (χ4n) is 1.60. The zero-order valence-electron chi connectivity index (χ0n) is 11.3. The second-order valence-corrected chi connectivity index (χ2v) is 7.45. The summed E-state index contributed by atoms with van der Waals surface area (Å²) in [6, 6.07) is -0.427. The van der Waals surface area contributed by atoms with Crippen LogP contribution in [0.2, 0.25) is 5.15 Å². The topological polar surface area (TPSA) is 76.9 Å². The average Bonchev–Trinajstić information content (AvgIpc) is 2.97. The lowest BCUT2D eigenvalue weighted by Gasteiger charge is -2.10. The summed E-state index contributed by atoms with van der Waals surface area (Å²) < 4.78 is 28.4. The quantitative estimate of drug-likeness (QED) is 0.908. The summed E-state index contributed by atoms with van der Waals surface area (Å²) in [5.74, 6) is 0. The summed E-state index contributed by atoms with van der Waals surface area (Å²) in [7, 11) is -2.13. The summed E-state index contributed by atoms with van der Waals surface area (Å²) in [4.78, 5) is 9.16. The van der Waals surface area contributed by atoms with Crippen molar-refractivity contribution in [3.05, 3.63) is 27.6 Å². The van der Waals surface area contributed by atoms with Gasteiger partial charge >= 0.3 is 0 Å². The van der Waals surface area contributed by atoms with Crippen molar-refractivity contribution in [2.24, 2.45) is 7.05 Å². The monoisotopic (exact) mass is 334 g/mol. The van der Waals surface area contributed by atoms with E-state index in [1.165, 1.54) is 22.2 Å². The van der Waals surface area contributed by atoms with E-state index < -0.39 is 16.1 Å². The molecule has 0 saturated carbocycles. The van der Waals surface area contributed by atoms with E-state index in [4.69, 9.17) is 11.6 Å². The van der Waals surface area contributed by atoms with Gasteiger partial charge in [-0.15, -0.1) is 11.3 Å². The van der Waals surface area contributed by atoms with Gasteiger partial charge in [-0.25, -0.2) is 23.1 Å². The van der Waals surface area contributed by atoms with Crippen LogP contribution in [0.15, 0.2) is 17.6 Å². The number of hydrogen-bond donors (Lipinski definition) is 1. The summed E-state index contributed by atoms with van der Waals surface area (Å²) in [5.41, 5.74) is 0. The van der Waals surface area contributed by atoms with Gasteiger partial charge in [-0.2, -0.15) is 0 Å². The zero-order chi connectivity index (χ0) is 14.9. The highest BCUT2D eigenvalue weighted by molar-refractivity contribution is 7.89. The minimum absolute atomic E-state index is 0.0816. The summed E-state index contributed by atoms with van der Waals surface area (Å²) in [5, 5.41) is 0.636. The highest BCUT2D eigenvalue weighted by Gasteiger charge is 2.25. The normalized spacial score (nSPS) is 13.6. The van der Waals surface area contributed by atoms with Gasteiger partial charge in [0.25, 0.3) is 10.0 Å². The zero-order valence-corrected chi connectivity index (χ0v) is 13.7. The van der Waals surface area contributed by atoms with Gasteiger partial charge in [0.05, 0.1) is 12.4 Å². The number of thiazole rings is 1. The van der Waals surface area contributed by atoms with Crippen LogP contribution < -0.4 is 4.72 Å². The minimum Gasteiger partial charge on any atom is -0.324 e. The van der Waals surface area contributed by atoms with Crippen LogP contribution in [-0.2, 0) is 23.5 Å². The Morgan fingerprint density at radius 1 is 1.50 bits per heavy atom. The maximum atomic E-state index is 12.2. The number of nitrogens with zero attached hydrogens (tertiary/aromatic N) is 3. The van der Waals surface area contributed by atoms with Gasteiger partial charge in [-0.05, 0) is 13.3 Å². The predicted molar refractivity (Wildman–Crippen MR) is 78.4 cm³/mol. The third kappa shape index (κ3) is 3.03. The van der Waals surface area contributed by atoms with E-state index in [-0.39, 0.29) is 10.2 Å². The Hall–Kier alpha value is -0.960. The van der Waals surface area contributed by atoms with E-state index in [2.05, 4.69) is 14.7 Å². The molecular weight excluding hydrogens is 320 g/mol. The molecule has 110 valence electrons. The molecule has 2 rings (SSSR count). The van der Waals surface area contributed by atoms with E-state index in [1.807, 2.05) is 6.92 Å². The van der Waals surface area contributed by atoms with E-state index in [0.29, 0.717) is 0 Å². The predicted octanol–water partition coefficient (Wildman–Crippen LogP) is 2.13. The first kappa shape index (κ1) is 15.4. The van der Waals surface area contributed by atoms with Crippen LogP contribution in [0, 0.1) is 0 Å². The van der Waals surface area contributed by atoms with Crippen LogP contribution in [-0.4, -0.2) is 23.0 Å². The first-order valence-corrected chi connectivity index (χ1v) is 8.66. The number of rotatable bonds is 5. The number of aryl methyl sites for hydroxylation is 2. The molecular formula is C11H15ClN4O2S2. The highest BCUT2D eigenvalue weighted by Crippen LogP contribution is 2.24. The van der Waals surface area contributed by atoms with Crippen LogP contribution in [0.1, 0.15) is 29.8 Å². The first-order chi connectivity index (χ1) is 9.35. The lowest BCUT2D eigenvalue weighted by atomic mass is 10.4. The number of sulfonamides is 1. The largest absolute Gasteiger partial charge is 0.324 e. The highest BCUT2D eigenvalue weighted by atomic mass is 35.5. The lowest BCUT2D eigenvalue weighted by molar-refractivity contribution is 0.563. The Balaban J connectivity index is 2.22. The molecule has 0 amide bonds. The molecule has 2 aromatic rings. The standard InChI is InChI=1S/C11H15ClN4O2S2/c1-4-8-5-13-10(19-8)7(2)15-20(17,18)11-9(12)16(3)6-14-11/h5-7,15H,4H2,1-3H3. The molecule has 1 N–H and O–H groups in total. The van der Waals surface area contributed by atoms with E-state index in [1.54, 1.807) is 20.2 Å². The lowest BCUT2D eigenvalue weighted by Crippen LogP contribution is -2.27. The molecule has 20 heavy (non-hydrogen) atoms. The fraction of sp³-hybridized carbons (Fsp3) is 0.455. The van der Waals surface area contributed by atoms with Gasteiger partial charge in [0, 0.05) is 18.1 Å². The van der Waals surface area contributed by atoms with Crippen LogP contribution in [0.5, 0.6) is 0 Å². The van der Waals surface area contributed by atoms with E-state index in [0.717, 1.165) is 16.3 Å². The molecule has 0 aliphatic carbocycles. The fourth-order valence-corrected chi connectivity index (χ4v) is 4.17. The van der Waals surface area contributed by atoms with Gasteiger partial charge in [0.2, 0.25) is 5.03 Å². The van der Waals surface area contributed by atoms with Crippen LogP contribution >= 0.6 is 22.9 Å². The van der Waals surface area contributed by atoms with Crippen molar-refractivity contribution < 1.29 is 8.42 Å². The first-order valence-electron chi connectivity index (χ1n) is 5.99. The summed E-state index contributed by atoms with van der Waals surface area (Å²) >= 11 is 7.41. The molecule has 0 spiro atoms. The molecule has 0 aromatic carbocycles. The second-order valence-electron chi connectivity index (χ2n) is 4.31. The summed E-state index contributed by atoms with van der Waals surface area (Å²) in [6.45, 7) is 3.77. The molecule has 2 aromatic heterocycles. The number of halogens is 1. The Bertz CT molecular complexity index is 708. The van der Waals surface area contributed by atoms with Crippen LogP contribution in [0.4, 0.5) is 0 Å². The second kappa shape index (κ2) is 5.80. The smallest absolute Gasteiger partial charge is 0.261 e. The molecule has 0 fully saturated rings. The average molecular weight is 335 g/mol. The maximum absolute atomic E-state index is 12.2. The SMILES string of the molecule is CCc1cnc(C(C)NS(=O)(=O)c2ncn(C)c2Cl)s1. The molecule has 0 radical (unpaired) electrons. The molecule has 1 unspecified atom stereocenters. The van der Waals surface area contributed by atoms with Gasteiger partial charge < -0.3 is 4.57 Å². The van der Waals surface area contributed by atoms with Crippen molar-refractivity contribution in [2.45, 2.75) is 31.3 Å². The minimum atomic E-state index is -3.76. The third-order valence-electron chi connectivity index (χ3n) is 2.71. The Labute approximate surface area is 126 Å². The van der Waals surface area contributed by atoms with Crippen molar-refractivity contribution in [3.8, 4) is 0 Å². The number of hydrogen-bond acceptors (Lipinski definition) is 5. The molecule has 6 nitrogen and oxygen atoms in total. The Morgan fingerprint density at radius 3 is 2.70 bits per heavy atom. The third-order valence-corrected chi connectivity index (χ3v) is 6.06. The van der Waals surface area contributed by atoms with Crippen molar-refractivity contribution in [2.75, 3.05) is 0 Å². The van der Waals surface area contributed by atoms with Crippen molar-refractivity contribution >= 4 is 33.0 Å². The molecule has 0 aliphatic rings. The molecule has 9 heteroatoms. The van der Waals surface area contributed by atoms with Crippen LogP contribution in [0.25, 0.3) is 0 Å². The van der Waals surface area contributed by atoms with Crippen molar-refractivity contribution in [1.29, 1.82) is 0 Å². The number of imidazole rings is 1. The number of aromatic nitrogens is 3.